The Bertz CT molecular complexity index is 601. The topological polar surface area (TPSA) is 38.0 Å². The lowest BCUT2D eigenvalue weighted by Crippen LogP contribution is -2.39. The number of hydrogen-bond acceptors (Lipinski definition) is 2. The Morgan fingerprint density at radius 3 is 2.43 bits per heavy atom. The van der Waals surface area contributed by atoms with Gasteiger partial charge in [-0.15, -0.1) is 0 Å². The van der Waals surface area contributed by atoms with E-state index in [0.29, 0.717) is 0 Å². The van der Waals surface area contributed by atoms with Gasteiger partial charge in [-0.05, 0) is 48.2 Å². The normalized spacial score (nSPS) is 17.0. The highest BCUT2D eigenvalue weighted by Gasteiger charge is 2.34. The molecule has 110 valence electrons. The quantitative estimate of drug-likeness (QED) is 0.834. The van der Waals surface area contributed by atoms with Crippen LogP contribution in [0.1, 0.15) is 36.8 Å². The number of nitrogen functional groups attached to an aromatic ring is 1. The summed E-state index contributed by atoms with van der Waals surface area (Å²) in [6.07, 6.45) is 4.62. The number of hydrogen-bond donors (Lipinski definition) is 2. The van der Waals surface area contributed by atoms with Crippen molar-refractivity contribution in [3.05, 3.63) is 65.5 Å². The lowest BCUT2D eigenvalue weighted by molar-refractivity contribution is 0.338. The number of anilines is 1. The summed E-state index contributed by atoms with van der Waals surface area (Å²) < 4.78 is 13.2. The van der Waals surface area contributed by atoms with Gasteiger partial charge in [-0.1, -0.05) is 37.1 Å². The maximum absolute atomic E-state index is 13.2. The summed E-state index contributed by atoms with van der Waals surface area (Å²) in [5, 5.41) is 3.70. The van der Waals surface area contributed by atoms with Crippen molar-refractivity contribution in [2.45, 2.75) is 37.8 Å². The van der Waals surface area contributed by atoms with Crippen molar-refractivity contribution < 1.29 is 4.39 Å². The van der Waals surface area contributed by atoms with Gasteiger partial charge in [-0.2, -0.15) is 0 Å². The molecule has 1 saturated carbocycles. The van der Waals surface area contributed by atoms with Crippen molar-refractivity contribution in [3.8, 4) is 0 Å². The second-order valence-electron chi connectivity index (χ2n) is 5.89. The second-order valence-corrected chi connectivity index (χ2v) is 5.89. The minimum Gasteiger partial charge on any atom is -0.399 e. The van der Waals surface area contributed by atoms with Crippen LogP contribution < -0.4 is 11.1 Å². The molecule has 0 saturated heterocycles. The number of nitrogens with two attached hydrogens (primary N) is 1. The maximum atomic E-state index is 13.2. The van der Waals surface area contributed by atoms with Crippen molar-refractivity contribution in [1.29, 1.82) is 0 Å². The van der Waals surface area contributed by atoms with Crippen LogP contribution in [0.25, 0.3) is 0 Å². The predicted molar refractivity (Wildman–Crippen MR) is 84.2 cm³/mol. The van der Waals surface area contributed by atoms with Crippen LogP contribution in [-0.2, 0) is 12.1 Å². The largest absolute Gasteiger partial charge is 0.399 e. The Morgan fingerprint density at radius 2 is 1.76 bits per heavy atom. The first-order valence-corrected chi connectivity index (χ1v) is 7.53. The fraction of sp³-hybridized carbons (Fsp3) is 0.333. The van der Waals surface area contributed by atoms with E-state index in [1.165, 1.54) is 24.0 Å². The summed E-state index contributed by atoms with van der Waals surface area (Å²) in [6.45, 7) is 0.780. The average Bonchev–Trinajstić information content (AvgIpc) is 2.96. The van der Waals surface area contributed by atoms with E-state index in [0.717, 1.165) is 25.1 Å². The average molecular weight is 284 g/mol. The highest BCUT2D eigenvalue weighted by molar-refractivity contribution is 5.40. The lowest BCUT2D eigenvalue weighted by atomic mass is 9.88. The van der Waals surface area contributed by atoms with Crippen molar-refractivity contribution in [2.75, 3.05) is 5.73 Å². The summed E-state index contributed by atoms with van der Waals surface area (Å²) in [5.41, 5.74) is 8.96. The molecule has 0 aromatic heterocycles. The molecule has 2 aromatic carbocycles. The first-order valence-electron chi connectivity index (χ1n) is 7.53. The van der Waals surface area contributed by atoms with Crippen LogP contribution in [-0.4, -0.2) is 0 Å². The molecule has 0 aliphatic heterocycles. The third-order valence-electron chi connectivity index (χ3n) is 4.44. The Kier molecular flexibility index (Phi) is 3.93. The van der Waals surface area contributed by atoms with Crippen LogP contribution >= 0.6 is 0 Å². The zero-order valence-corrected chi connectivity index (χ0v) is 12.1. The molecule has 0 spiro atoms. The van der Waals surface area contributed by atoms with Gasteiger partial charge in [0, 0.05) is 17.8 Å². The number of nitrogens with one attached hydrogen (secondary N) is 1. The third kappa shape index (κ3) is 3.08. The predicted octanol–water partition coefficient (Wildman–Crippen LogP) is 3.97. The van der Waals surface area contributed by atoms with Crippen LogP contribution in [0.3, 0.4) is 0 Å². The highest BCUT2D eigenvalue weighted by Crippen LogP contribution is 2.39. The van der Waals surface area contributed by atoms with E-state index in [1.807, 2.05) is 30.3 Å². The molecule has 1 aliphatic rings. The fourth-order valence-corrected chi connectivity index (χ4v) is 3.29. The molecule has 0 amide bonds. The minimum atomic E-state index is -0.178. The van der Waals surface area contributed by atoms with Crippen LogP contribution in [0.5, 0.6) is 0 Å². The van der Waals surface area contributed by atoms with Gasteiger partial charge in [-0.3, -0.25) is 0 Å². The molecule has 1 fully saturated rings. The fourth-order valence-electron chi connectivity index (χ4n) is 3.29. The minimum absolute atomic E-state index is 0.0295. The molecule has 0 atom stereocenters. The lowest BCUT2D eigenvalue weighted by Gasteiger charge is -2.31. The molecule has 21 heavy (non-hydrogen) atoms. The smallest absolute Gasteiger partial charge is 0.123 e. The molecule has 3 N–H and O–H groups in total. The summed E-state index contributed by atoms with van der Waals surface area (Å²) in [6, 6.07) is 14.9. The third-order valence-corrected chi connectivity index (χ3v) is 4.44. The first kappa shape index (κ1) is 14.1. The molecule has 0 radical (unpaired) electrons. The highest BCUT2D eigenvalue weighted by atomic mass is 19.1. The van der Waals surface area contributed by atoms with Gasteiger partial charge in [0.2, 0.25) is 0 Å². The molecule has 1 aliphatic carbocycles. The number of rotatable bonds is 4. The zero-order chi connectivity index (χ0) is 14.7. The molecule has 2 aromatic rings. The van der Waals surface area contributed by atoms with E-state index in [2.05, 4.69) is 11.4 Å². The Balaban J connectivity index is 1.80. The molecular weight excluding hydrogens is 263 g/mol. The van der Waals surface area contributed by atoms with Gasteiger partial charge < -0.3 is 11.1 Å². The molecule has 0 unspecified atom stereocenters. The van der Waals surface area contributed by atoms with Gasteiger partial charge in [-0.25, -0.2) is 4.39 Å². The molecule has 3 heteroatoms. The van der Waals surface area contributed by atoms with Crippen molar-refractivity contribution in [1.82, 2.24) is 5.32 Å². The van der Waals surface area contributed by atoms with Crippen molar-refractivity contribution >= 4 is 5.69 Å². The van der Waals surface area contributed by atoms with Gasteiger partial charge in [0.1, 0.15) is 5.82 Å². The molecule has 0 bridgehead atoms. The number of benzene rings is 2. The Labute approximate surface area is 125 Å². The summed E-state index contributed by atoms with van der Waals surface area (Å²) in [4.78, 5) is 0. The SMILES string of the molecule is Nc1cccc(CNC2(c3ccc(F)cc3)CCCC2)c1. The Morgan fingerprint density at radius 1 is 1.05 bits per heavy atom. The monoisotopic (exact) mass is 284 g/mol. The second kappa shape index (κ2) is 5.86. The summed E-state index contributed by atoms with van der Waals surface area (Å²) in [5.74, 6) is -0.178. The van der Waals surface area contributed by atoms with Crippen molar-refractivity contribution in [3.63, 3.8) is 0 Å². The van der Waals surface area contributed by atoms with Crippen LogP contribution in [0.4, 0.5) is 10.1 Å². The standard InChI is InChI=1S/C18H21FN2/c19-16-8-6-15(7-9-16)18(10-1-2-11-18)21-13-14-4-3-5-17(20)12-14/h3-9,12,21H,1-2,10-11,13,20H2. The van der Waals surface area contributed by atoms with Gasteiger partial charge >= 0.3 is 0 Å². The Hall–Kier alpha value is -1.87. The van der Waals surface area contributed by atoms with Crippen LogP contribution in [0, 0.1) is 5.82 Å². The maximum Gasteiger partial charge on any atom is 0.123 e. The van der Waals surface area contributed by atoms with Crippen LogP contribution in [0.2, 0.25) is 0 Å². The van der Waals surface area contributed by atoms with Crippen LogP contribution in [0.15, 0.2) is 48.5 Å². The van der Waals surface area contributed by atoms with E-state index in [1.54, 1.807) is 12.1 Å². The van der Waals surface area contributed by atoms with E-state index in [4.69, 9.17) is 5.73 Å². The van der Waals surface area contributed by atoms with Gasteiger partial charge in [0.15, 0.2) is 0 Å². The van der Waals surface area contributed by atoms with Gasteiger partial charge in [0.25, 0.3) is 0 Å². The molecule has 0 heterocycles. The van der Waals surface area contributed by atoms with E-state index < -0.39 is 0 Å². The zero-order valence-electron chi connectivity index (χ0n) is 12.1. The molecule has 3 rings (SSSR count). The summed E-state index contributed by atoms with van der Waals surface area (Å²) >= 11 is 0. The van der Waals surface area contributed by atoms with E-state index >= 15 is 0 Å². The molecular formula is C18H21FN2. The first-order chi connectivity index (χ1) is 10.2. The van der Waals surface area contributed by atoms with E-state index in [-0.39, 0.29) is 11.4 Å². The van der Waals surface area contributed by atoms with Gasteiger partial charge in [0.05, 0.1) is 0 Å². The van der Waals surface area contributed by atoms with E-state index in [9.17, 15) is 4.39 Å². The molecule has 2 nitrogen and oxygen atoms in total. The number of halogens is 1. The van der Waals surface area contributed by atoms with Crippen molar-refractivity contribution in [2.24, 2.45) is 0 Å². The summed E-state index contributed by atoms with van der Waals surface area (Å²) in [7, 11) is 0.